The number of benzene rings is 1. The number of rotatable bonds is 2. The average Bonchev–Trinajstić information content (AvgIpc) is 3.35. The van der Waals surface area contributed by atoms with Crippen molar-refractivity contribution >= 4 is 6.09 Å². The highest BCUT2D eigenvalue weighted by molar-refractivity contribution is 5.71. The summed E-state index contributed by atoms with van der Waals surface area (Å²) >= 11 is 0. The topological polar surface area (TPSA) is 78.4 Å². The van der Waals surface area contributed by atoms with Crippen molar-refractivity contribution in [2.24, 2.45) is 0 Å². The molecule has 2 aliphatic heterocycles. The zero-order valence-electron chi connectivity index (χ0n) is 17.2. The number of hydrogen-bond acceptors (Lipinski definition) is 4. The van der Waals surface area contributed by atoms with Crippen LogP contribution in [-0.2, 0) is 22.5 Å². The lowest BCUT2D eigenvalue weighted by atomic mass is 9.89. The predicted octanol–water partition coefficient (Wildman–Crippen LogP) is 4.70. The number of hydrogen-bond donors (Lipinski definition) is 1. The summed E-state index contributed by atoms with van der Waals surface area (Å²) in [4.78, 5) is 17.9. The zero-order valence-corrected chi connectivity index (χ0v) is 17.2. The van der Waals surface area contributed by atoms with Crippen LogP contribution in [0.2, 0.25) is 0 Å². The molecule has 0 aliphatic carbocycles. The maximum Gasteiger partial charge on any atom is 0.410 e. The highest BCUT2D eigenvalue weighted by Gasteiger charge is 2.35. The minimum Gasteiger partial charge on any atom is -0.444 e. The zero-order chi connectivity index (χ0) is 20.6. The standard InChI is InChI=1S/C23H27N3O3/c1-23(2,3)29-22(27)26-7-4-5-21(26)18-11-17(20-9-15(12-24)13-25-20)10-16-6-8-28-14-19(16)18/h9-11,13,21,25H,4-8,14H2,1-3H3/t21-/m0/s1. The normalized spacial score (nSPS) is 19.0. The summed E-state index contributed by atoms with van der Waals surface area (Å²) in [5.74, 6) is 0. The van der Waals surface area contributed by atoms with Gasteiger partial charge in [-0.2, -0.15) is 5.26 Å². The number of nitrogens with one attached hydrogen (secondary N) is 1. The van der Waals surface area contributed by atoms with Crippen LogP contribution in [0.3, 0.4) is 0 Å². The van der Waals surface area contributed by atoms with Crippen LogP contribution in [0.15, 0.2) is 24.4 Å². The largest absolute Gasteiger partial charge is 0.444 e. The molecule has 0 saturated carbocycles. The maximum atomic E-state index is 12.8. The van der Waals surface area contributed by atoms with Crippen LogP contribution in [0.1, 0.15) is 61.9 Å². The molecular weight excluding hydrogens is 366 g/mol. The van der Waals surface area contributed by atoms with E-state index in [4.69, 9.17) is 14.7 Å². The number of ether oxygens (including phenoxy) is 2. The Labute approximate surface area is 171 Å². The number of carbonyl (C=O) groups excluding carboxylic acids is 1. The molecule has 1 N–H and O–H groups in total. The van der Waals surface area contributed by atoms with E-state index >= 15 is 0 Å². The number of nitrogens with zero attached hydrogens (tertiary/aromatic N) is 2. The number of aromatic amines is 1. The number of H-pyrrole nitrogens is 1. The van der Waals surface area contributed by atoms with Gasteiger partial charge in [-0.25, -0.2) is 4.79 Å². The van der Waals surface area contributed by atoms with Gasteiger partial charge in [0.1, 0.15) is 11.7 Å². The Balaban J connectivity index is 1.74. The van der Waals surface area contributed by atoms with Gasteiger partial charge in [0.2, 0.25) is 0 Å². The van der Waals surface area contributed by atoms with Crippen molar-refractivity contribution in [1.82, 2.24) is 9.88 Å². The Kier molecular flexibility index (Phi) is 5.10. The van der Waals surface area contributed by atoms with Crippen LogP contribution >= 0.6 is 0 Å². The average molecular weight is 393 g/mol. The molecule has 0 radical (unpaired) electrons. The molecule has 1 amide bonds. The van der Waals surface area contributed by atoms with Gasteiger partial charge in [-0.1, -0.05) is 0 Å². The lowest BCUT2D eigenvalue weighted by Gasteiger charge is -2.31. The third-order valence-corrected chi connectivity index (χ3v) is 5.50. The molecule has 6 nitrogen and oxygen atoms in total. The van der Waals surface area contributed by atoms with Crippen molar-refractivity contribution in [2.75, 3.05) is 13.2 Å². The van der Waals surface area contributed by atoms with E-state index in [1.165, 1.54) is 11.1 Å². The van der Waals surface area contributed by atoms with Crippen LogP contribution in [0.5, 0.6) is 0 Å². The first-order valence-corrected chi connectivity index (χ1v) is 10.2. The molecule has 1 aromatic carbocycles. The lowest BCUT2D eigenvalue weighted by Crippen LogP contribution is -2.36. The molecule has 1 atom stereocenters. The van der Waals surface area contributed by atoms with E-state index in [0.29, 0.717) is 25.3 Å². The van der Waals surface area contributed by atoms with Crippen molar-refractivity contribution in [3.8, 4) is 17.3 Å². The Morgan fingerprint density at radius 3 is 2.90 bits per heavy atom. The van der Waals surface area contributed by atoms with Crippen molar-refractivity contribution in [1.29, 1.82) is 5.26 Å². The predicted molar refractivity (Wildman–Crippen MR) is 109 cm³/mol. The Bertz CT molecular complexity index is 965. The molecule has 1 aromatic heterocycles. The van der Waals surface area contributed by atoms with Crippen molar-refractivity contribution in [3.05, 3.63) is 46.6 Å². The monoisotopic (exact) mass is 393 g/mol. The maximum absolute atomic E-state index is 12.8. The van der Waals surface area contributed by atoms with Gasteiger partial charge in [0.05, 0.1) is 24.8 Å². The van der Waals surface area contributed by atoms with E-state index in [0.717, 1.165) is 36.1 Å². The fraction of sp³-hybridized carbons (Fsp3) is 0.478. The number of carbonyl (C=O) groups is 1. The molecule has 3 heterocycles. The number of fused-ring (bicyclic) bond motifs is 1. The smallest absolute Gasteiger partial charge is 0.410 e. The van der Waals surface area contributed by atoms with Crippen LogP contribution in [0.25, 0.3) is 11.3 Å². The van der Waals surface area contributed by atoms with Crippen LogP contribution in [-0.4, -0.2) is 34.7 Å². The number of nitriles is 1. The molecular formula is C23H27N3O3. The first-order valence-electron chi connectivity index (χ1n) is 10.2. The second kappa shape index (κ2) is 7.57. The van der Waals surface area contributed by atoms with Gasteiger partial charge in [-0.15, -0.1) is 0 Å². The van der Waals surface area contributed by atoms with Crippen LogP contribution < -0.4 is 0 Å². The first-order chi connectivity index (χ1) is 13.9. The molecule has 152 valence electrons. The summed E-state index contributed by atoms with van der Waals surface area (Å²) in [6, 6.07) is 8.34. The van der Waals surface area contributed by atoms with Gasteiger partial charge in [0, 0.05) is 18.4 Å². The number of amides is 1. The molecule has 2 aliphatic rings. The van der Waals surface area contributed by atoms with Crippen molar-refractivity contribution in [2.45, 2.75) is 58.3 Å². The Hall–Kier alpha value is -2.78. The van der Waals surface area contributed by atoms with Gasteiger partial charge in [-0.3, -0.25) is 0 Å². The molecule has 6 heteroatoms. The quantitative estimate of drug-likeness (QED) is 0.802. The molecule has 4 rings (SSSR count). The molecule has 1 fully saturated rings. The molecule has 0 spiro atoms. The summed E-state index contributed by atoms with van der Waals surface area (Å²) in [6.45, 7) is 7.64. The van der Waals surface area contributed by atoms with E-state index in [1.807, 2.05) is 31.7 Å². The van der Waals surface area contributed by atoms with E-state index < -0.39 is 5.60 Å². The molecule has 0 bridgehead atoms. The first kappa shape index (κ1) is 19.5. The molecule has 0 unspecified atom stereocenters. The fourth-order valence-electron chi connectivity index (χ4n) is 4.22. The van der Waals surface area contributed by atoms with Gasteiger partial charge in [0.25, 0.3) is 0 Å². The second-order valence-electron chi connectivity index (χ2n) is 8.75. The molecule has 1 saturated heterocycles. The van der Waals surface area contributed by atoms with E-state index in [1.54, 1.807) is 6.20 Å². The minimum absolute atomic E-state index is 0.0225. The summed E-state index contributed by atoms with van der Waals surface area (Å²) in [6.07, 6.45) is 4.16. The van der Waals surface area contributed by atoms with Gasteiger partial charge < -0.3 is 19.4 Å². The van der Waals surface area contributed by atoms with Gasteiger partial charge in [0.15, 0.2) is 0 Å². The highest BCUT2D eigenvalue weighted by atomic mass is 16.6. The number of likely N-dealkylation sites (tertiary alicyclic amines) is 1. The van der Waals surface area contributed by atoms with Crippen LogP contribution in [0.4, 0.5) is 4.79 Å². The summed E-state index contributed by atoms with van der Waals surface area (Å²) in [5, 5.41) is 9.16. The minimum atomic E-state index is -0.521. The third kappa shape index (κ3) is 4.01. The lowest BCUT2D eigenvalue weighted by molar-refractivity contribution is 0.0221. The van der Waals surface area contributed by atoms with Crippen molar-refractivity contribution in [3.63, 3.8) is 0 Å². The summed E-state index contributed by atoms with van der Waals surface area (Å²) < 4.78 is 11.4. The van der Waals surface area contributed by atoms with Crippen molar-refractivity contribution < 1.29 is 14.3 Å². The van der Waals surface area contributed by atoms with Gasteiger partial charge >= 0.3 is 6.09 Å². The summed E-state index contributed by atoms with van der Waals surface area (Å²) in [5.41, 5.74) is 5.62. The number of aromatic nitrogens is 1. The van der Waals surface area contributed by atoms with E-state index in [-0.39, 0.29) is 12.1 Å². The second-order valence-corrected chi connectivity index (χ2v) is 8.75. The summed E-state index contributed by atoms with van der Waals surface area (Å²) in [7, 11) is 0. The van der Waals surface area contributed by atoms with Crippen LogP contribution in [0, 0.1) is 11.3 Å². The Morgan fingerprint density at radius 2 is 2.17 bits per heavy atom. The SMILES string of the molecule is CC(C)(C)OC(=O)N1CCC[C@H]1c1cc(-c2cc(C#N)c[nH]2)cc2c1COCC2. The molecule has 2 aromatic rings. The third-order valence-electron chi connectivity index (χ3n) is 5.50. The van der Waals surface area contributed by atoms with E-state index in [9.17, 15) is 4.79 Å². The highest BCUT2D eigenvalue weighted by Crippen LogP contribution is 2.39. The molecule has 29 heavy (non-hydrogen) atoms. The van der Waals surface area contributed by atoms with E-state index in [2.05, 4.69) is 23.2 Å². The van der Waals surface area contributed by atoms with Gasteiger partial charge in [-0.05, 0) is 80.5 Å². The fourth-order valence-corrected chi connectivity index (χ4v) is 4.22. The Morgan fingerprint density at radius 1 is 1.34 bits per heavy atom.